The molecule has 2 nitrogen and oxygen atoms in total. The third-order valence-corrected chi connectivity index (χ3v) is 3.38. The summed E-state index contributed by atoms with van der Waals surface area (Å²) in [6, 6.07) is 18.7. The van der Waals surface area contributed by atoms with Crippen molar-refractivity contribution in [3.63, 3.8) is 0 Å². The molecule has 2 heteroatoms. The lowest BCUT2D eigenvalue weighted by atomic mass is 9.92. The predicted octanol–water partition coefficient (Wildman–Crippen LogP) is 3.32. The van der Waals surface area contributed by atoms with E-state index in [1.165, 1.54) is 16.7 Å². The molecule has 1 aliphatic heterocycles. The second-order valence-corrected chi connectivity index (χ2v) is 4.50. The van der Waals surface area contributed by atoms with Gasteiger partial charge in [-0.25, -0.2) is 0 Å². The zero-order chi connectivity index (χ0) is 12.4. The van der Waals surface area contributed by atoms with E-state index in [-0.39, 0.29) is 12.4 Å². The number of methoxy groups -OCH3 is 1. The Morgan fingerprint density at radius 3 is 2.50 bits per heavy atom. The van der Waals surface area contributed by atoms with Crippen molar-refractivity contribution >= 4 is 0 Å². The molecule has 0 saturated carbocycles. The fraction of sp³-hybridized carbons (Fsp3) is 0.250. The molecule has 0 aromatic heterocycles. The van der Waals surface area contributed by atoms with Crippen molar-refractivity contribution in [1.82, 2.24) is 0 Å². The molecule has 2 aromatic rings. The van der Waals surface area contributed by atoms with Crippen LogP contribution in [0.4, 0.5) is 0 Å². The van der Waals surface area contributed by atoms with E-state index in [0.717, 1.165) is 6.42 Å². The molecule has 0 radical (unpaired) electrons. The van der Waals surface area contributed by atoms with Crippen molar-refractivity contribution in [2.24, 2.45) is 0 Å². The number of hydrogen-bond acceptors (Lipinski definition) is 2. The molecule has 0 fully saturated rings. The van der Waals surface area contributed by atoms with Crippen LogP contribution in [0.25, 0.3) is 0 Å². The van der Waals surface area contributed by atoms with Gasteiger partial charge < -0.3 is 9.47 Å². The SMILES string of the molecule is COC1Cc2ccccc2C(c2ccccc2)O1. The summed E-state index contributed by atoms with van der Waals surface area (Å²) in [4.78, 5) is 0. The highest BCUT2D eigenvalue weighted by molar-refractivity contribution is 5.37. The van der Waals surface area contributed by atoms with E-state index in [2.05, 4.69) is 36.4 Å². The minimum absolute atomic E-state index is 0.0268. The molecular formula is C16H16O2. The molecule has 0 spiro atoms. The van der Waals surface area contributed by atoms with E-state index >= 15 is 0 Å². The molecule has 0 bridgehead atoms. The molecule has 2 atom stereocenters. The molecule has 1 heterocycles. The Hall–Kier alpha value is -1.64. The van der Waals surface area contributed by atoms with Crippen LogP contribution in [-0.2, 0) is 15.9 Å². The van der Waals surface area contributed by atoms with E-state index < -0.39 is 0 Å². The summed E-state index contributed by atoms with van der Waals surface area (Å²) in [5.74, 6) is 0. The van der Waals surface area contributed by atoms with Gasteiger partial charge in [-0.3, -0.25) is 0 Å². The van der Waals surface area contributed by atoms with E-state index in [9.17, 15) is 0 Å². The average Bonchev–Trinajstić information content (AvgIpc) is 2.47. The van der Waals surface area contributed by atoms with Gasteiger partial charge in [0.05, 0.1) is 0 Å². The maximum atomic E-state index is 6.03. The molecule has 1 aliphatic rings. The zero-order valence-corrected chi connectivity index (χ0v) is 10.4. The van der Waals surface area contributed by atoms with Crippen LogP contribution in [0.1, 0.15) is 22.8 Å². The summed E-state index contributed by atoms with van der Waals surface area (Å²) < 4.78 is 11.4. The Balaban J connectivity index is 2.04. The van der Waals surface area contributed by atoms with Gasteiger partial charge in [-0.15, -0.1) is 0 Å². The maximum absolute atomic E-state index is 6.03. The number of ether oxygens (including phenoxy) is 2. The van der Waals surface area contributed by atoms with E-state index in [0.29, 0.717) is 0 Å². The van der Waals surface area contributed by atoms with E-state index in [1.54, 1.807) is 7.11 Å². The minimum atomic E-state index is -0.162. The highest BCUT2D eigenvalue weighted by Gasteiger charge is 2.28. The molecular weight excluding hydrogens is 224 g/mol. The summed E-state index contributed by atoms with van der Waals surface area (Å²) in [5.41, 5.74) is 3.73. The number of benzene rings is 2. The van der Waals surface area contributed by atoms with Crippen LogP contribution in [0.2, 0.25) is 0 Å². The molecule has 0 N–H and O–H groups in total. The second-order valence-electron chi connectivity index (χ2n) is 4.50. The molecule has 2 unspecified atom stereocenters. The Morgan fingerprint density at radius 2 is 1.72 bits per heavy atom. The Kier molecular flexibility index (Phi) is 3.13. The predicted molar refractivity (Wildman–Crippen MR) is 70.3 cm³/mol. The lowest BCUT2D eigenvalue weighted by Crippen LogP contribution is -2.28. The summed E-state index contributed by atoms with van der Waals surface area (Å²) in [6.45, 7) is 0. The largest absolute Gasteiger partial charge is 0.355 e. The Labute approximate surface area is 107 Å². The first-order valence-electron chi connectivity index (χ1n) is 6.19. The fourth-order valence-corrected chi connectivity index (χ4v) is 2.45. The first-order valence-corrected chi connectivity index (χ1v) is 6.19. The van der Waals surface area contributed by atoms with Crippen molar-refractivity contribution in [2.45, 2.75) is 18.8 Å². The van der Waals surface area contributed by atoms with Crippen molar-refractivity contribution in [3.8, 4) is 0 Å². The molecule has 18 heavy (non-hydrogen) atoms. The van der Waals surface area contributed by atoms with Crippen LogP contribution in [-0.4, -0.2) is 13.4 Å². The van der Waals surface area contributed by atoms with Gasteiger partial charge >= 0.3 is 0 Å². The lowest BCUT2D eigenvalue weighted by Gasteiger charge is -2.31. The first-order chi connectivity index (χ1) is 8.88. The molecule has 0 amide bonds. The maximum Gasteiger partial charge on any atom is 0.162 e. The summed E-state index contributed by atoms with van der Waals surface area (Å²) in [7, 11) is 1.70. The van der Waals surface area contributed by atoms with Gasteiger partial charge in [-0.2, -0.15) is 0 Å². The van der Waals surface area contributed by atoms with Crippen molar-refractivity contribution in [3.05, 3.63) is 71.3 Å². The Morgan fingerprint density at radius 1 is 1.00 bits per heavy atom. The van der Waals surface area contributed by atoms with Gasteiger partial charge in [-0.1, -0.05) is 54.6 Å². The van der Waals surface area contributed by atoms with E-state index in [1.807, 2.05) is 18.2 Å². The van der Waals surface area contributed by atoms with Crippen molar-refractivity contribution in [1.29, 1.82) is 0 Å². The van der Waals surface area contributed by atoms with Gasteiger partial charge in [-0.05, 0) is 16.7 Å². The number of fused-ring (bicyclic) bond motifs is 1. The second kappa shape index (κ2) is 4.92. The first kappa shape index (κ1) is 11.5. The van der Waals surface area contributed by atoms with Crippen LogP contribution in [0, 0.1) is 0 Å². The van der Waals surface area contributed by atoms with Crippen LogP contribution >= 0.6 is 0 Å². The minimum Gasteiger partial charge on any atom is -0.355 e. The quantitative estimate of drug-likeness (QED) is 0.801. The third kappa shape index (κ3) is 2.05. The van der Waals surface area contributed by atoms with Crippen LogP contribution in [0.15, 0.2) is 54.6 Å². The number of rotatable bonds is 2. The highest BCUT2D eigenvalue weighted by Crippen LogP contribution is 2.35. The lowest BCUT2D eigenvalue weighted by molar-refractivity contribution is -0.153. The third-order valence-electron chi connectivity index (χ3n) is 3.38. The van der Waals surface area contributed by atoms with Gasteiger partial charge in [0.25, 0.3) is 0 Å². The zero-order valence-electron chi connectivity index (χ0n) is 10.4. The molecule has 0 aliphatic carbocycles. The molecule has 3 rings (SSSR count). The van der Waals surface area contributed by atoms with E-state index in [4.69, 9.17) is 9.47 Å². The highest BCUT2D eigenvalue weighted by atomic mass is 16.7. The average molecular weight is 240 g/mol. The summed E-state index contributed by atoms with van der Waals surface area (Å²) >= 11 is 0. The molecule has 92 valence electrons. The van der Waals surface area contributed by atoms with Gasteiger partial charge in [0, 0.05) is 13.5 Å². The molecule has 2 aromatic carbocycles. The van der Waals surface area contributed by atoms with Crippen LogP contribution in [0.5, 0.6) is 0 Å². The van der Waals surface area contributed by atoms with Crippen LogP contribution in [0.3, 0.4) is 0 Å². The Bertz CT molecular complexity index is 522. The molecule has 0 saturated heterocycles. The monoisotopic (exact) mass is 240 g/mol. The number of hydrogen-bond donors (Lipinski definition) is 0. The van der Waals surface area contributed by atoms with Gasteiger partial charge in [0.2, 0.25) is 0 Å². The van der Waals surface area contributed by atoms with Crippen LogP contribution < -0.4 is 0 Å². The summed E-state index contributed by atoms with van der Waals surface area (Å²) in [6.07, 6.45) is 0.627. The van der Waals surface area contributed by atoms with Crippen molar-refractivity contribution < 1.29 is 9.47 Å². The summed E-state index contributed by atoms with van der Waals surface area (Å²) in [5, 5.41) is 0. The smallest absolute Gasteiger partial charge is 0.162 e. The fourth-order valence-electron chi connectivity index (χ4n) is 2.45. The van der Waals surface area contributed by atoms with Gasteiger partial charge in [0.1, 0.15) is 6.10 Å². The standard InChI is InChI=1S/C16H16O2/c1-17-15-11-13-9-5-6-10-14(13)16(18-15)12-7-3-2-4-8-12/h2-10,15-16H,11H2,1H3. The van der Waals surface area contributed by atoms with Crippen molar-refractivity contribution in [2.75, 3.05) is 7.11 Å². The normalized spacial score (nSPS) is 22.5. The van der Waals surface area contributed by atoms with Gasteiger partial charge in [0.15, 0.2) is 6.29 Å². The topological polar surface area (TPSA) is 18.5 Å².